The Morgan fingerprint density at radius 1 is 1.42 bits per heavy atom. The van der Waals surface area contributed by atoms with Crippen LogP contribution < -0.4 is 5.43 Å². The fourth-order valence-corrected chi connectivity index (χ4v) is 3.18. The number of hydrazone groups is 1. The number of rotatable bonds is 2. The van der Waals surface area contributed by atoms with Crippen molar-refractivity contribution in [2.45, 2.75) is 39.0 Å². The Balaban J connectivity index is 1.80. The predicted octanol–water partition coefficient (Wildman–Crippen LogP) is 2.75. The van der Waals surface area contributed by atoms with Crippen molar-refractivity contribution in [3.8, 4) is 0 Å². The third-order valence-corrected chi connectivity index (χ3v) is 4.15. The van der Waals surface area contributed by atoms with E-state index in [0.29, 0.717) is 5.69 Å². The number of carbonyl (C=O) groups is 1. The van der Waals surface area contributed by atoms with E-state index in [9.17, 15) is 4.79 Å². The van der Waals surface area contributed by atoms with Crippen LogP contribution >= 0.6 is 11.3 Å². The summed E-state index contributed by atoms with van der Waals surface area (Å²) in [6.45, 7) is 1.85. The van der Waals surface area contributed by atoms with Gasteiger partial charge in [0.25, 0.3) is 5.91 Å². The van der Waals surface area contributed by atoms with Gasteiger partial charge in [-0.2, -0.15) is 5.10 Å². The number of aromatic nitrogens is 2. The Labute approximate surface area is 115 Å². The van der Waals surface area contributed by atoms with Gasteiger partial charge in [-0.1, -0.05) is 6.42 Å². The minimum Gasteiger partial charge on any atom is -0.286 e. The molecule has 1 amide bonds. The van der Waals surface area contributed by atoms with E-state index in [1.165, 1.54) is 30.6 Å². The molecule has 0 aromatic carbocycles. The topological polar surface area (TPSA) is 58.8 Å². The molecule has 6 heteroatoms. The smallest absolute Gasteiger partial charge is 0.286 e. The number of nitrogens with one attached hydrogen (secondary N) is 1. The van der Waals surface area contributed by atoms with Crippen LogP contribution in [0.3, 0.4) is 0 Å². The van der Waals surface area contributed by atoms with E-state index in [1.807, 2.05) is 22.9 Å². The van der Waals surface area contributed by atoms with Gasteiger partial charge in [0.1, 0.15) is 5.69 Å². The Morgan fingerprint density at radius 2 is 2.21 bits per heavy atom. The van der Waals surface area contributed by atoms with Gasteiger partial charge in [0, 0.05) is 17.3 Å². The number of carbonyl (C=O) groups excluding carboxylic acids is 1. The normalized spacial score (nSPS) is 15.7. The van der Waals surface area contributed by atoms with E-state index in [4.69, 9.17) is 0 Å². The van der Waals surface area contributed by atoms with Crippen molar-refractivity contribution in [2.75, 3.05) is 0 Å². The van der Waals surface area contributed by atoms with Crippen LogP contribution in [0.4, 0.5) is 0 Å². The molecule has 1 N–H and O–H groups in total. The van der Waals surface area contributed by atoms with Crippen molar-refractivity contribution >= 4 is 27.9 Å². The molecule has 1 aliphatic carbocycles. The van der Waals surface area contributed by atoms with Gasteiger partial charge >= 0.3 is 0 Å². The van der Waals surface area contributed by atoms with Crippen molar-refractivity contribution in [2.24, 2.45) is 5.10 Å². The van der Waals surface area contributed by atoms with Crippen LogP contribution in [-0.2, 0) is 0 Å². The molecule has 2 aromatic rings. The van der Waals surface area contributed by atoms with Crippen LogP contribution in [0.5, 0.6) is 0 Å². The van der Waals surface area contributed by atoms with Crippen LogP contribution in [-0.4, -0.2) is 21.0 Å². The van der Waals surface area contributed by atoms with E-state index >= 15 is 0 Å². The first-order chi connectivity index (χ1) is 9.25. The number of hydrogen-bond acceptors (Lipinski definition) is 4. The van der Waals surface area contributed by atoms with Crippen molar-refractivity contribution in [1.82, 2.24) is 14.8 Å². The molecule has 3 rings (SSSR count). The molecule has 0 aliphatic heterocycles. The van der Waals surface area contributed by atoms with Crippen molar-refractivity contribution in [3.05, 3.63) is 23.0 Å². The number of hydrogen-bond donors (Lipinski definition) is 1. The molecule has 2 aromatic heterocycles. The first-order valence-corrected chi connectivity index (χ1v) is 7.41. The largest absolute Gasteiger partial charge is 0.290 e. The fraction of sp³-hybridized carbons (Fsp3) is 0.462. The average Bonchev–Trinajstić information content (AvgIpc) is 2.97. The highest BCUT2D eigenvalue weighted by atomic mass is 32.1. The van der Waals surface area contributed by atoms with Crippen LogP contribution in [0.2, 0.25) is 0 Å². The van der Waals surface area contributed by atoms with Gasteiger partial charge in [0.15, 0.2) is 4.96 Å². The summed E-state index contributed by atoms with van der Waals surface area (Å²) in [7, 11) is 0. The molecular formula is C13H16N4OS. The average molecular weight is 276 g/mol. The predicted molar refractivity (Wildman–Crippen MR) is 75.8 cm³/mol. The Morgan fingerprint density at radius 3 is 3.00 bits per heavy atom. The summed E-state index contributed by atoms with van der Waals surface area (Å²) in [5.74, 6) is -0.179. The second kappa shape index (κ2) is 5.13. The third kappa shape index (κ3) is 2.40. The molecule has 1 fully saturated rings. The highest BCUT2D eigenvalue weighted by Gasteiger charge is 2.17. The van der Waals surface area contributed by atoms with Gasteiger partial charge < -0.3 is 0 Å². The van der Waals surface area contributed by atoms with Crippen LogP contribution in [0.25, 0.3) is 4.96 Å². The standard InChI is InChI=1S/C13H16N4OS/c1-9-11(17-7-8-19-13(17)14-9)12(18)16-15-10-5-3-2-4-6-10/h7-8H,2-6H2,1H3,(H,16,18). The van der Waals surface area contributed by atoms with E-state index in [2.05, 4.69) is 15.5 Å². The highest BCUT2D eigenvalue weighted by molar-refractivity contribution is 7.15. The molecule has 100 valence electrons. The number of fused-ring (bicyclic) bond motifs is 1. The summed E-state index contributed by atoms with van der Waals surface area (Å²) < 4.78 is 1.82. The second-order valence-corrected chi connectivity index (χ2v) is 5.65. The second-order valence-electron chi connectivity index (χ2n) is 4.78. The molecule has 2 heterocycles. The van der Waals surface area contributed by atoms with Gasteiger partial charge in [-0.3, -0.25) is 9.20 Å². The molecular weight excluding hydrogens is 260 g/mol. The van der Waals surface area contributed by atoms with Gasteiger partial charge in [0.05, 0.1) is 5.69 Å². The molecule has 19 heavy (non-hydrogen) atoms. The van der Waals surface area contributed by atoms with Gasteiger partial charge in [-0.15, -0.1) is 11.3 Å². The zero-order valence-electron chi connectivity index (χ0n) is 10.8. The van der Waals surface area contributed by atoms with Crippen molar-refractivity contribution in [1.29, 1.82) is 0 Å². The van der Waals surface area contributed by atoms with Crippen LogP contribution in [0.15, 0.2) is 16.7 Å². The summed E-state index contributed by atoms with van der Waals surface area (Å²) in [6, 6.07) is 0. The Bertz CT molecular complexity index is 632. The van der Waals surface area contributed by atoms with E-state index in [-0.39, 0.29) is 5.91 Å². The SMILES string of the molecule is Cc1nc2sccn2c1C(=O)NN=C1CCCCC1. The van der Waals surface area contributed by atoms with Gasteiger partial charge in [-0.05, 0) is 32.6 Å². The molecule has 0 atom stereocenters. The summed E-state index contributed by atoms with van der Waals surface area (Å²) in [6.07, 6.45) is 7.48. The first kappa shape index (κ1) is 12.3. The minimum atomic E-state index is -0.179. The molecule has 0 saturated heterocycles. The lowest BCUT2D eigenvalue weighted by molar-refractivity contribution is 0.0948. The summed E-state index contributed by atoms with van der Waals surface area (Å²) in [5, 5.41) is 6.17. The fourth-order valence-electron chi connectivity index (χ4n) is 2.42. The molecule has 5 nitrogen and oxygen atoms in total. The van der Waals surface area contributed by atoms with E-state index in [1.54, 1.807) is 0 Å². The Kier molecular flexibility index (Phi) is 3.33. The zero-order chi connectivity index (χ0) is 13.2. The maximum atomic E-state index is 12.2. The number of thiazole rings is 1. The van der Waals surface area contributed by atoms with E-state index < -0.39 is 0 Å². The van der Waals surface area contributed by atoms with Gasteiger partial charge in [-0.25, -0.2) is 10.4 Å². The molecule has 1 saturated carbocycles. The lowest BCUT2D eigenvalue weighted by Crippen LogP contribution is -2.22. The zero-order valence-corrected chi connectivity index (χ0v) is 11.7. The Hall–Kier alpha value is -1.69. The minimum absolute atomic E-state index is 0.179. The maximum Gasteiger partial charge on any atom is 0.290 e. The lowest BCUT2D eigenvalue weighted by atomic mass is 9.99. The van der Waals surface area contributed by atoms with Gasteiger partial charge in [0.2, 0.25) is 0 Å². The lowest BCUT2D eigenvalue weighted by Gasteiger charge is -2.11. The summed E-state index contributed by atoms with van der Waals surface area (Å²) >= 11 is 1.52. The first-order valence-electron chi connectivity index (χ1n) is 6.53. The van der Waals surface area contributed by atoms with Crippen LogP contribution in [0.1, 0.15) is 48.3 Å². The van der Waals surface area contributed by atoms with Crippen molar-refractivity contribution < 1.29 is 4.79 Å². The number of imidazole rings is 1. The molecule has 0 radical (unpaired) electrons. The number of aryl methyl sites for hydroxylation is 1. The number of amides is 1. The molecule has 0 spiro atoms. The maximum absolute atomic E-state index is 12.2. The molecule has 0 bridgehead atoms. The molecule has 0 unspecified atom stereocenters. The van der Waals surface area contributed by atoms with Crippen LogP contribution in [0, 0.1) is 6.92 Å². The van der Waals surface area contributed by atoms with Crippen molar-refractivity contribution in [3.63, 3.8) is 0 Å². The highest BCUT2D eigenvalue weighted by Crippen LogP contribution is 2.17. The molecule has 1 aliphatic rings. The number of nitrogens with zero attached hydrogens (tertiary/aromatic N) is 3. The quantitative estimate of drug-likeness (QED) is 0.857. The monoisotopic (exact) mass is 276 g/mol. The third-order valence-electron chi connectivity index (χ3n) is 3.40. The summed E-state index contributed by atoms with van der Waals surface area (Å²) in [4.78, 5) is 17.4. The summed E-state index contributed by atoms with van der Waals surface area (Å²) in [5.41, 5.74) is 5.09. The van der Waals surface area contributed by atoms with E-state index in [0.717, 1.165) is 29.2 Å².